The Morgan fingerprint density at radius 1 is 1.35 bits per heavy atom. The van der Waals surface area contributed by atoms with Crippen LogP contribution in [0.25, 0.3) is 0 Å². The number of anilines is 1. The van der Waals surface area contributed by atoms with Crippen LogP contribution in [0.15, 0.2) is 24.3 Å². The highest BCUT2D eigenvalue weighted by Crippen LogP contribution is 2.32. The average Bonchev–Trinajstić information content (AvgIpc) is 3.12. The predicted molar refractivity (Wildman–Crippen MR) is 69.9 cm³/mol. The van der Waals surface area contributed by atoms with E-state index in [1.165, 1.54) is 18.4 Å². The van der Waals surface area contributed by atoms with Crippen LogP contribution in [0.5, 0.6) is 0 Å². The number of rotatable bonds is 5. The molecular weight excluding hydrogens is 212 g/mol. The zero-order valence-corrected chi connectivity index (χ0v) is 10.5. The Hall–Kier alpha value is -1.35. The molecule has 1 saturated carbocycles. The maximum Gasteiger partial charge on any atom is 0.224 e. The highest BCUT2D eigenvalue weighted by Gasteiger charge is 2.24. The van der Waals surface area contributed by atoms with Gasteiger partial charge in [-0.3, -0.25) is 4.79 Å². The van der Waals surface area contributed by atoms with Gasteiger partial charge in [0.25, 0.3) is 0 Å². The van der Waals surface area contributed by atoms with E-state index in [0.29, 0.717) is 18.4 Å². The Morgan fingerprint density at radius 3 is 2.53 bits per heavy atom. The number of hydrogen-bond donors (Lipinski definition) is 2. The van der Waals surface area contributed by atoms with Gasteiger partial charge in [-0.15, -0.1) is 0 Å². The minimum Gasteiger partial charge on any atom is -0.326 e. The van der Waals surface area contributed by atoms with Crippen molar-refractivity contribution in [3.05, 3.63) is 29.8 Å². The molecule has 3 heteroatoms. The molecule has 1 amide bonds. The van der Waals surface area contributed by atoms with Gasteiger partial charge in [-0.25, -0.2) is 0 Å². The smallest absolute Gasteiger partial charge is 0.224 e. The van der Waals surface area contributed by atoms with Crippen molar-refractivity contribution in [2.75, 3.05) is 12.4 Å². The fraction of sp³-hybridized carbons (Fsp3) is 0.500. The molecule has 92 valence electrons. The largest absolute Gasteiger partial charge is 0.326 e. The standard InChI is InChI=1S/C14H20N2O/c1-10(15-2)12-5-7-13(8-6-12)16-14(17)9-11-3-4-11/h5-8,10-11,15H,3-4,9H2,1-2H3,(H,16,17). The van der Waals surface area contributed by atoms with Gasteiger partial charge in [0.2, 0.25) is 5.91 Å². The summed E-state index contributed by atoms with van der Waals surface area (Å²) in [4.78, 5) is 11.6. The van der Waals surface area contributed by atoms with Crippen LogP contribution in [0.3, 0.4) is 0 Å². The summed E-state index contributed by atoms with van der Waals surface area (Å²) in [6.07, 6.45) is 3.10. The van der Waals surface area contributed by atoms with Crippen molar-refractivity contribution in [3.8, 4) is 0 Å². The van der Waals surface area contributed by atoms with E-state index in [1.54, 1.807) is 0 Å². The van der Waals surface area contributed by atoms with E-state index in [1.807, 2.05) is 31.3 Å². The quantitative estimate of drug-likeness (QED) is 0.819. The van der Waals surface area contributed by atoms with Crippen molar-refractivity contribution >= 4 is 11.6 Å². The Labute approximate surface area is 103 Å². The van der Waals surface area contributed by atoms with E-state index in [2.05, 4.69) is 17.6 Å². The van der Waals surface area contributed by atoms with Gasteiger partial charge in [0.05, 0.1) is 0 Å². The summed E-state index contributed by atoms with van der Waals surface area (Å²) in [5, 5.41) is 6.13. The molecule has 0 radical (unpaired) electrons. The molecule has 17 heavy (non-hydrogen) atoms. The highest BCUT2D eigenvalue weighted by molar-refractivity contribution is 5.91. The molecule has 2 rings (SSSR count). The number of nitrogens with one attached hydrogen (secondary N) is 2. The third kappa shape index (κ3) is 3.56. The van der Waals surface area contributed by atoms with Gasteiger partial charge >= 0.3 is 0 Å². The molecule has 1 aliphatic rings. The van der Waals surface area contributed by atoms with Crippen LogP contribution in [0.4, 0.5) is 5.69 Å². The summed E-state index contributed by atoms with van der Waals surface area (Å²) >= 11 is 0. The van der Waals surface area contributed by atoms with E-state index in [0.717, 1.165) is 5.69 Å². The summed E-state index contributed by atoms with van der Waals surface area (Å²) < 4.78 is 0. The summed E-state index contributed by atoms with van der Waals surface area (Å²) in [6, 6.07) is 8.37. The van der Waals surface area contributed by atoms with Crippen LogP contribution in [-0.2, 0) is 4.79 Å². The molecule has 1 atom stereocenters. The van der Waals surface area contributed by atoms with Crippen LogP contribution in [0.2, 0.25) is 0 Å². The van der Waals surface area contributed by atoms with Crippen LogP contribution >= 0.6 is 0 Å². The lowest BCUT2D eigenvalue weighted by Gasteiger charge is -2.11. The van der Waals surface area contributed by atoms with Gasteiger partial charge in [0.15, 0.2) is 0 Å². The lowest BCUT2D eigenvalue weighted by molar-refractivity contribution is -0.116. The topological polar surface area (TPSA) is 41.1 Å². The molecule has 0 bridgehead atoms. The van der Waals surface area contributed by atoms with Gasteiger partial charge < -0.3 is 10.6 Å². The number of benzene rings is 1. The summed E-state index contributed by atoms with van der Waals surface area (Å²) in [7, 11) is 1.94. The van der Waals surface area contributed by atoms with Gasteiger partial charge in [-0.2, -0.15) is 0 Å². The van der Waals surface area contributed by atoms with E-state index >= 15 is 0 Å². The first-order valence-corrected chi connectivity index (χ1v) is 6.26. The SMILES string of the molecule is CNC(C)c1ccc(NC(=O)CC2CC2)cc1. The maximum atomic E-state index is 11.6. The predicted octanol–water partition coefficient (Wildman–Crippen LogP) is 2.71. The minimum absolute atomic E-state index is 0.141. The molecule has 0 aliphatic heterocycles. The van der Waals surface area contributed by atoms with Crippen molar-refractivity contribution in [1.29, 1.82) is 0 Å². The third-order valence-electron chi connectivity index (χ3n) is 3.30. The molecule has 0 heterocycles. The molecule has 0 aromatic heterocycles. The Morgan fingerprint density at radius 2 is 2.00 bits per heavy atom. The van der Waals surface area contributed by atoms with Crippen molar-refractivity contribution in [2.45, 2.75) is 32.2 Å². The van der Waals surface area contributed by atoms with Crippen molar-refractivity contribution in [1.82, 2.24) is 5.32 Å². The molecule has 0 saturated heterocycles. The zero-order valence-electron chi connectivity index (χ0n) is 10.5. The molecule has 1 fully saturated rings. The third-order valence-corrected chi connectivity index (χ3v) is 3.30. The number of carbonyl (C=O) groups excluding carboxylic acids is 1. The molecular formula is C14H20N2O. The molecule has 3 nitrogen and oxygen atoms in total. The van der Waals surface area contributed by atoms with E-state index in [4.69, 9.17) is 0 Å². The molecule has 2 N–H and O–H groups in total. The Kier molecular flexibility index (Phi) is 3.79. The van der Waals surface area contributed by atoms with E-state index in [9.17, 15) is 4.79 Å². The van der Waals surface area contributed by atoms with Gasteiger partial charge in [-0.05, 0) is 50.4 Å². The minimum atomic E-state index is 0.141. The molecule has 1 aliphatic carbocycles. The van der Waals surface area contributed by atoms with Crippen LogP contribution in [0, 0.1) is 5.92 Å². The second-order valence-electron chi connectivity index (χ2n) is 4.83. The fourth-order valence-corrected chi connectivity index (χ4v) is 1.82. The summed E-state index contributed by atoms with van der Waals surface area (Å²) in [5.74, 6) is 0.778. The number of carbonyl (C=O) groups is 1. The highest BCUT2D eigenvalue weighted by atomic mass is 16.1. The number of amides is 1. The monoisotopic (exact) mass is 232 g/mol. The fourth-order valence-electron chi connectivity index (χ4n) is 1.82. The normalized spacial score (nSPS) is 16.6. The molecule has 1 aromatic rings. The summed E-state index contributed by atoms with van der Waals surface area (Å²) in [5.41, 5.74) is 2.12. The lowest BCUT2D eigenvalue weighted by Crippen LogP contribution is -2.13. The van der Waals surface area contributed by atoms with Crippen LogP contribution in [0.1, 0.15) is 37.8 Å². The van der Waals surface area contributed by atoms with E-state index in [-0.39, 0.29) is 5.91 Å². The second-order valence-corrected chi connectivity index (χ2v) is 4.83. The Balaban J connectivity index is 1.90. The zero-order chi connectivity index (χ0) is 12.3. The first kappa shape index (κ1) is 12.1. The molecule has 1 aromatic carbocycles. The second kappa shape index (κ2) is 5.32. The van der Waals surface area contributed by atoms with Crippen molar-refractivity contribution in [2.24, 2.45) is 5.92 Å². The van der Waals surface area contributed by atoms with Crippen LogP contribution < -0.4 is 10.6 Å². The number of hydrogen-bond acceptors (Lipinski definition) is 2. The van der Waals surface area contributed by atoms with Gasteiger partial charge in [0.1, 0.15) is 0 Å². The van der Waals surface area contributed by atoms with Gasteiger partial charge in [-0.1, -0.05) is 12.1 Å². The van der Waals surface area contributed by atoms with Crippen molar-refractivity contribution in [3.63, 3.8) is 0 Å². The van der Waals surface area contributed by atoms with Gasteiger partial charge in [0, 0.05) is 18.2 Å². The molecule has 0 spiro atoms. The maximum absolute atomic E-state index is 11.6. The van der Waals surface area contributed by atoms with Crippen molar-refractivity contribution < 1.29 is 4.79 Å². The Bertz CT molecular complexity index is 382. The first-order chi connectivity index (χ1) is 8.19. The molecule has 1 unspecified atom stereocenters. The first-order valence-electron chi connectivity index (χ1n) is 6.26. The van der Waals surface area contributed by atoms with E-state index < -0.39 is 0 Å². The lowest BCUT2D eigenvalue weighted by atomic mass is 10.1. The average molecular weight is 232 g/mol. The van der Waals surface area contributed by atoms with Crippen LogP contribution in [-0.4, -0.2) is 13.0 Å². The summed E-state index contributed by atoms with van der Waals surface area (Å²) in [6.45, 7) is 2.11.